The Labute approximate surface area is 106 Å². The van der Waals surface area contributed by atoms with Crippen molar-refractivity contribution in [2.24, 2.45) is 5.73 Å². The number of nitrogens with zero attached hydrogens (tertiary/aromatic N) is 2. The van der Waals surface area contributed by atoms with Gasteiger partial charge in [0.15, 0.2) is 5.82 Å². The molecule has 0 unspecified atom stereocenters. The first-order valence-electron chi connectivity index (χ1n) is 5.53. The predicted octanol–water partition coefficient (Wildman–Crippen LogP) is 1.62. The molecule has 0 atom stereocenters. The van der Waals surface area contributed by atoms with Crippen LogP contribution in [0.25, 0.3) is 11.4 Å². The third-order valence-corrected chi connectivity index (χ3v) is 2.57. The van der Waals surface area contributed by atoms with E-state index in [1.807, 2.05) is 12.1 Å². The number of benzene rings is 1. The van der Waals surface area contributed by atoms with E-state index in [1.54, 1.807) is 32.5 Å². The summed E-state index contributed by atoms with van der Waals surface area (Å²) in [7, 11) is 3.21. The number of aromatic nitrogens is 2. The summed E-state index contributed by atoms with van der Waals surface area (Å²) in [5.41, 5.74) is 7.17. The average Bonchev–Trinajstić information content (AvgIpc) is 2.46. The van der Waals surface area contributed by atoms with Crippen molar-refractivity contribution in [2.75, 3.05) is 14.2 Å². The van der Waals surface area contributed by atoms with E-state index >= 15 is 0 Å². The highest BCUT2D eigenvalue weighted by Gasteiger charge is 2.10. The fourth-order valence-electron chi connectivity index (χ4n) is 1.62. The van der Waals surface area contributed by atoms with Crippen LogP contribution in [0.2, 0.25) is 0 Å². The first-order chi connectivity index (χ1) is 8.78. The molecule has 0 aliphatic carbocycles. The highest BCUT2D eigenvalue weighted by molar-refractivity contribution is 5.65. The van der Waals surface area contributed by atoms with E-state index in [1.165, 1.54) is 0 Å². The van der Waals surface area contributed by atoms with Crippen molar-refractivity contribution in [2.45, 2.75) is 6.54 Å². The smallest absolute Gasteiger partial charge is 0.163 e. The van der Waals surface area contributed by atoms with Crippen LogP contribution in [0.4, 0.5) is 0 Å². The van der Waals surface area contributed by atoms with Crippen LogP contribution in [0.15, 0.2) is 30.5 Å². The van der Waals surface area contributed by atoms with Gasteiger partial charge in [-0.15, -0.1) is 0 Å². The number of ether oxygens (including phenoxy) is 2. The number of hydrogen-bond donors (Lipinski definition) is 1. The van der Waals surface area contributed by atoms with Gasteiger partial charge in [0.25, 0.3) is 0 Å². The molecule has 2 N–H and O–H groups in total. The minimum atomic E-state index is 0.383. The molecule has 94 valence electrons. The Morgan fingerprint density at radius 2 is 2.00 bits per heavy atom. The standard InChI is InChI=1S/C13H15N3O2/c1-17-10-3-4-11(12(7-10)18-2)13-15-6-5-9(8-14)16-13/h3-7H,8,14H2,1-2H3. The molecule has 2 aromatic rings. The Kier molecular flexibility index (Phi) is 3.74. The molecular weight excluding hydrogens is 230 g/mol. The van der Waals surface area contributed by atoms with E-state index in [9.17, 15) is 0 Å². The highest BCUT2D eigenvalue weighted by Crippen LogP contribution is 2.31. The van der Waals surface area contributed by atoms with Crippen molar-refractivity contribution < 1.29 is 9.47 Å². The zero-order chi connectivity index (χ0) is 13.0. The van der Waals surface area contributed by atoms with Crippen LogP contribution in [0.5, 0.6) is 11.5 Å². The lowest BCUT2D eigenvalue weighted by Gasteiger charge is -2.09. The lowest BCUT2D eigenvalue weighted by molar-refractivity contribution is 0.395. The monoisotopic (exact) mass is 245 g/mol. The fraction of sp³-hybridized carbons (Fsp3) is 0.231. The van der Waals surface area contributed by atoms with E-state index in [0.29, 0.717) is 18.1 Å². The summed E-state index contributed by atoms with van der Waals surface area (Å²) in [5.74, 6) is 1.99. The Bertz CT molecular complexity index is 544. The largest absolute Gasteiger partial charge is 0.497 e. The third kappa shape index (κ3) is 2.41. The Hall–Kier alpha value is -2.14. The lowest BCUT2D eigenvalue weighted by Crippen LogP contribution is -2.02. The maximum Gasteiger partial charge on any atom is 0.163 e. The molecule has 0 fully saturated rings. The zero-order valence-corrected chi connectivity index (χ0v) is 10.4. The maximum atomic E-state index is 5.57. The van der Waals surface area contributed by atoms with Gasteiger partial charge in [-0.05, 0) is 18.2 Å². The van der Waals surface area contributed by atoms with Gasteiger partial charge in [-0.3, -0.25) is 0 Å². The summed E-state index contributed by atoms with van der Waals surface area (Å²) in [4.78, 5) is 8.60. The molecule has 0 spiro atoms. The van der Waals surface area contributed by atoms with Gasteiger partial charge in [-0.2, -0.15) is 0 Å². The van der Waals surface area contributed by atoms with Crippen LogP contribution in [0.3, 0.4) is 0 Å². The summed E-state index contributed by atoms with van der Waals surface area (Å²) < 4.78 is 10.5. The van der Waals surface area contributed by atoms with Gasteiger partial charge in [-0.25, -0.2) is 9.97 Å². The minimum Gasteiger partial charge on any atom is -0.497 e. The molecule has 18 heavy (non-hydrogen) atoms. The van der Waals surface area contributed by atoms with E-state index in [4.69, 9.17) is 15.2 Å². The highest BCUT2D eigenvalue weighted by atomic mass is 16.5. The second kappa shape index (κ2) is 5.46. The van der Waals surface area contributed by atoms with Crippen molar-refractivity contribution in [1.82, 2.24) is 9.97 Å². The maximum absolute atomic E-state index is 5.57. The molecule has 1 aromatic heterocycles. The predicted molar refractivity (Wildman–Crippen MR) is 68.5 cm³/mol. The van der Waals surface area contributed by atoms with Gasteiger partial charge >= 0.3 is 0 Å². The van der Waals surface area contributed by atoms with Crippen molar-refractivity contribution >= 4 is 0 Å². The first kappa shape index (κ1) is 12.3. The molecule has 0 radical (unpaired) electrons. The average molecular weight is 245 g/mol. The van der Waals surface area contributed by atoms with E-state index in [0.717, 1.165) is 17.0 Å². The number of rotatable bonds is 4. The van der Waals surface area contributed by atoms with Crippen molar-refractivity contribution in [3.8, 4) is 22.9 Å². The van der Waals surface area contributed by atoms with Gasteiger partial charge in [0.1, 0.15) is 11.5 Å². The van der Waals surface area contributed by atoms with Crippen molar-refractivity contribution in [1.29, 1.82) is 0 Å². The molecule has 1 aromatic carbocycles. The summed E-state index contributed by atoms with van der Waals surface area (Å²) >= 11 is 0. The van der Waals surface area contributed by atoms with Gasteiger partial charge in [-0.1, -0.05) is 0 Å². The molecule has 5 heteroatoms. The van der Waals surface area contributed by atoms with E-state index in [-0.39, 0.29) is 0 Å². The SMILES string of the molecule is COc1ccc(-c2nccc(CN)n2)c(OC)c1. The van der Waals surface area contributed by atoms with Gasteiger partial charge in [0.2, 0.25) is 0 Å². The quantitative estimate of drug-likeness (QED) is 0.886. The van der Waals surface area contributed by atoms with Crippen LogP contribution in [0.1, 0.15) is 5.69 Å². The topological polar surface area (TPSA) is 70.3 Å². The Balaban J connectivity index is 2.48. The molecule has 1 heterocycles. The summed E-state index contributed by atoms with van der Waals surface area (Å²) in [6.45, 7) is 0.383. The third-order valence-electron chi connectivity index (χ3n) is 2.57. The lowest BCUT2D eigenvalue weighted by atomic mass is 10.1. The van der Waals surface area contributed by atoms with Crippen molar-refractivity contribution in [3.05, 3.63) is 36.2 Å². The summed E-state index contributed by atoms with van der Waals surface area (Å²) in [6.07, 6.45) is 1.69. The molecule has 0 aliphatic rings. The summed E-state index contributed by atoms with van der Waals surface area (Å²) in [5, 5.41) is 0. The second-order valence-corrected chi connectivity index (χ2v) is 3.64. The molecule has 0 saturated heterocycles. The normalized spacial score (nSPS) is 10.2. The van der Waals surface area contributed by atoms with Gasteiger partial charge in [0, 0.05) is 18.8 Å². The molecule has 2 rings (SSSR count). The van der Waals surface area contributed by atoms with Gasteiger partial charge < -0.3 is 15.2 Å². The van der Waals surface area contributed by atoms with E-state index < -0.39 is 0 Å². The van der Waals surface area contributed by atoms with Crippen LogP contribution in [-0.2, 0) is 6.54 Å². The minimum absolute atomic E-state index is 0.383. The van der Waals surface area contributed by atoms with Gasteiger partial charge in [0.05, 0.1) is 25.5 Å². The number of nitrogens with two attached hydrogens (primary N) is 1. The van der Waals surface area contributed by atoms with E-state index in [2.05, 4.69) is 9.97 Å². The molecule has 0 aliphatic heterocycles. The zero-order valence-electron chi connectivity index (χ0n) is 10.4. The van der Waals surface area contributed by atoms with Crippen LogP contribution in [0, 0.1) is 0 Å². The van der Waals surface area contributed by atoms with Crippen LogP contribution >= 0.6 is 0 Å². The second-order valence-electron chi connectivity index (χ2n) is 3.64. The molecular formula is C13H15N3O2. The molecule has 5 nitrogen and oxygen atoms in total. The molecule has 0 amide bonds. The first-order valence-corrected chi connectivity index (χ1v) is 5.53. The van der Waals surface area contributed by atoms with Crippen LogP contribution in [-0.4, -0.2) is 24.2 Å². The van der Waals surface area contributed by atoms with Crippen molar-refractivity contribution in [3.63, 3.8) is 0 Å². The van der Waals surface area contributed by atoms with Crippen LogP contribution < -0.4 is 15.2 Å². The Morgan fingerprint density at radius 3 is 2.67 bits per heavy atom. The number of hydrogen-bond acceptors (Lipinski definition) is 5. The fourth-order valence-corrected chi connectivity index (χ4v) is 1.62. The molecule has 0 bridgehead atoms. The Morgan fingerprint density at radius 1 is 1.17 bits per heavy atom. The summed E-state index contributed by atoms with van der Waals surface area (Å²) in [6, 6.07) is 7.30. The molecule has 0 saturated carbocycles. The number of methoxy groups -OCH3 is 2.